The highest BCUT2D eigenvalue weighted by Gasteiger charge is 2.12. The van der Waals surface area contributed by atoms with Crippen molar-refractivity contribution in [2.24, 2.45) is 0 Å². The van der Waals surface area contributed by atoms with Gasteiger partial charge in [0.25, 0.3) is 5.91 Å². The van der Waals surface area contributed by atoms with Crippen molar-refractivity contribution in [2.45, 2.75) is 19.4 Å². The van der Waals surface area contributed by atoms with Gasteiger partial charge in [-0.1, -0.05) is 0 Å². The average Bonchev–Trinajstić information content (AvgIpc) is 2.18. The first kappa shape index (κ1) is 11.0. The van der Waals surface area contributed by atoms with E-state index >= 15 is 0 Å². The molecule has 0 radical (unpaired) electrons. The SMILES string of the molecule is CC(CC#N)NC(=O)c1ccncc1O. The molecule has 0 aliphatic carbocycles. The van der Waals surface area contributed by atoms with Crippen LogP contribution in [0.3, 0.4) is 0 Å². The van der Waals surface area contributed by atoms with Crippen molar-refractivity contribution >= 4 is 5.91 Å². The number of pyridine rings is 1. The standard InChI is InChI=1S/C10H11N3O2/c1-7(2-4-11)13-10(15)8-3-5-12-6-9(8)14/h3,5-7,14H,2H2,1H3,(H,13,15). The molecule has 1 aromatic heterocycles. The molecule has 1 unspecified atom stereocenters. The highest BCUT2D eigenvalue weighted by atomic mass is 16.3. The molecule has 0 aliphatic rings. The zero-order valence-corrected chi connectivity index (χ0v) is 8.27. The largest absolute Gasteiger partial charge is 0.505 e. The van der Waals surface area contributed by atoms with Crippen LogP contribution in [-0.2, 0) is 0 Å². The molecule has 1 aromatic rings. The van der Waals surface area contributed by atoms with Gasteiger partial charge in [-0.25, -0.2) is 0 Å². The number of hydrogen-bond acceptors (Lipinski definition) is 4. The molecule has 0 saturated heterocycles. The fourth-order valence-corrected chi connectivity index (χ4v) is 1.07. The summed E-state index contributed by atoms with van der Waals surface area (Å²) in [5.74, 6) is -0.572. The molecule has 78 valence electrons. The Balaban J connectivity index is 2.70. The minimum Gasteiger partial charge on any atom is -0.505 e. The molecule has 5 nitrogen and oxygen atoms in total. The van der Waals surface area contributed by atoms with Crippen LogP contribution in [0.5, 0.6) is 5.75 Å². The Kier molecular flexibility index (Phi) is 3.63. The molecule has 0 aliphatic heterocycles. The van der Waals surface area contributed by atoms with E-state index in [9.17, 15) is 9.90 Å². The predicted octanol–water partition coefficient (Wildman–Crippen LogP) is 0.819. The van der Waals surface area contributed by atoms with Crippen molar-refractivity contribution in [3.05, 3.63) is 24.0 Å². The summed E-state index contributed by atoms with van der Waals surface area (Å²) in [6.45, 7) is 1.72. The number of carbonyl (C=O) groups excluding carboxylic acids is 1. The Bertz CT molecular complexity index is 398. The summed E-state index contributed by atoms with van der Waals surface area (Å²) in [5, 5.41) is 20.3. The third-order valence-corrected chi connectivity index (χ3v) is 1.82. The second kappa shape index (κ2) is 4.96. The predicted molar refractivity (Wildman–Crippen MR) is 53.1 cm³/mol. The van der Waals surface area contributed by atoms with Gasteiger partial charge in [-0.15, -0.1) is 0 Å². The Morgan fingerprint density at radius 3 is 3.13 bits per heavy atom. The third kappa shape index (κ3) is 2.95. The summed E-state index contributed by atoms with van der Waals surface area (Å²) in [6, 6.07) is 3.13. The summed E-state index contributed by atoms with van der Waals surface area (Å²) in [7, 11) is 0. The Morgan fingerprint density at radius 1 is 1.80 bits per heavy atom. The quantitative estimate of drug-likeness (QED) is 0.764. The van der Waals surface area contributed by atoms with Crippen molar-refractivity contribution in [1.82, 2.24) is 10.3 Å². The molecule has 2 N–H and O–H groups in total. The van der Waals surface area contributed by atoms with Gasteiger partial charge in [0.15, 0.2) is 0 Å². The number of amides is 1. The molecule has 1 atom stereocenters. The minimum atomic E-state index is -0.405. The Hall–Kier alpha value is -2.09. The van der Waals surface area contributed by atoms with Gasteiger partial charge >= 0.3 is 0 Å². The van der Waals surface area contributed by atoms with Crippen LogP contribution < -0.4 is 5.32 Å². The molecule has 0 bridgehead atoms. The van der Waals surface area contributed by atoms with Crippen LogP contribution in [0.25, 0.3) is 0 Å². The van der Waals surface area contributed by atoms with E-state index in [-0.39, 0.29) is 23.8 Å². The van der Waals surface area contributed by atoms with Gasteiger partial charge in [-0.05, 0) is 13.0 Å². The molecule has 0 spiro atoms. The fraction of sp³-hybridized carbons (Fsp3) is 0.300. The van der Waals surface area contributed by atoms with E-state index in [4.69, 9.17) is 5.26 Å². The molecule has 0 aromatic carbocycles. The first-order valence-electron chi connectivity index (χ1n) is 4.46. The van der Waals surface area contributed by atoms with E-state index in [2.05, 4.69) is 10.3 Å². The normalized spacial score (nSPS) is 11.5. The van der Waals surface area contributed by atoms with E-state index in [1.807, 2.05) is 6.07 Å². The van der Waals surface area contributed by atoms with Crippen LogP contribution in [-0.4, -0.2) is 22.0 Å². The molecule has 5 heteroatoms. The number of aromatic nitrogens is 1. The molecular weight excluding hydrogens is 194 g/mol. The van der Waals surface area contributed by atoms with Crippen LogP contribution in [0.15, 0.2) is 18.5 Å². The molecule has 0 fully saturated rings. The van der Waals surface area contributed by atoms with Gasteiger partial charge in [-0.2, -0.15) is 5.26 Å². The molecule has 1 rings (SSSR count). The first-order chi connectivity index (χ1) is 7.15. The lowest BCUT2D eigenvalue weighted by atomic mass is 10.2. The van der Waals surface area contributed by atoms with Crippen molar-refractivity contribution in [2.75, 3.05) is 0 Å². The van der Waals surface area contributed by atoms with Crippen molar-refractivity contribution < 1.29 is 9.90 Å². The number of nitriles is 1. The van der Waals surface area contributed by atoms with Crippen molar-refractivity contribution in [1.29, 1.82) is 5.26 Å². The molecule has 0 saturated carbocycles. The van der Waals surface area contributed by atoms with Gasteiger partial charge in [0.1, 0.15) is 5.75 Å². The van der Waals surface area contributed by atoms with E-state index in [0.717, 1.165) is 0 Å². The van der Waals surface area contributed by atoms with E-state index < -0.39 is 5.91 Å². The molecule has 1 amide bonds. The zero-order valence-electron chi connectivity index (χ0n) is 8.27. The summed E-state index contributed by atoms with van der Waals surface area (Å²) in [6.07, 6.45) is 2.85. The first-order valence-corrected chi connectivity index (χ1v) is 4.46. The van der Waals surface area contributed by atoms with Gasteiger partial charge in [0.05, 0.1) is 24.3 Å². The van der Waals surface area contributed by atoms with Crippen LogP contribution in [0.2, 0.25) is 0 Å². The number of hydrogen-bond donors (Lipinski definition) is 2. The monoisotopic (exact) mass is 205 g/mol. The minimum absolute atomic E-state index is 0.162. The van der Waals surface area contributed by atoms with Crippen LogP contribution in [0, 0.1) is 11.3 Å². The molecular formula is C10H11N3O2. The Labute approximate surface area is 87.4 Å². The maximum atomic E-state index is 11.5. The average molecular weight is 205 g/mol. The smallest absolute Gasteiger partial charge is 0.255 e. The van der Waals surface area contributed by atoms with Crippen LogP contribution >= 0.6 is 0 Å². The maximum absolute atomic E-state index is 11.5. The molecule has 1 heterocycles. The summed E-state index contributed by atoms with van der Waals surface area (Å²) in [4.78, 5) is 15.2. The highest BCUT2D eigenvalue weighted by molar-refractivity contribution is 5.96. The van der Waals surface area contributed by atoms with E-state index in [1.165, 1.54) is 18.5 Å². The van der Waals surface area contributed by atoms with Crippen molar-refractivity contribution in [3.8, 4) is 11.8 Å². The van der Waals surface area contributed by atoms with Gasteiger partial charge < -0.3 is 10.4 Å². The van der Waals surface area contributed by atoms with E-state index in [0.29, 0.717) is 0 Å². The summed E-state index contributed by atoms with van der Waals surface area (Å²) in [5.41, 5.74) is 0.162. The lowest BCUT2D eigenvalue weighted by molar-refractivity contribution is 0.0938. The topological polar surface area (TPSA) is 86.0 Å². The van der Waals surface area contributed by atoms with E-state index in [1.54, 1.807) is 6.92 Å². The van der Waals surface area contributed by atoms with Gasteiger partial charge in [0, 0.05) is 12.2 Å². The maximum Gasteiger partial charge on any atom is 0.255 e. The lowest BCUT2D eigenvalue weighted by Crippen LogP contribution is -2.32. The van der Waals surface area contributed by atoms with Crippen LogP contribution in [0.4, 0.5) is 0 Å². The number of nitrogens with zero attached hydrogens (tertiary/aromatic N) is 2. The van der Waals surface area contributed by atoms with Crippen LogP contribution in [0.1, 0.15) is 23.7 Å². The molecule has 15 heavy (non-hydrogen) atoms. The third-order valence-electron chi connectivity index (χ3n) is 1.82. The second-order valence-corrected chi connectivity index (χ2v) is 3.13. The number of nitrogens with one attached hydrogen (secondary N) is 1. The summed E-state index contributed by atoms with van der Waals surface area (Å²) < 4.78 is 0. The lowest BCUT2D eigenvalue weighted by Gasteiger charge is -2.10. The second-order valence-electron chi connectivity index (χ2n) is 3.13. The Morgan fingerprint density at radius 2 is 2.53 bits per heavy atom. The van der Waals surface area contributed by atoms with Gasteiger partial charge in [-0.3, -0.25) is 9.78 Å². The number of aromatic hydroxyl groups is 1. The number of rotatable bonds is 3. The van der Waals surface area contributed by atoms with Gasteiger partial charge in [0.2, 0.25) is 0 Å². The van der Waals surface area contributed by atoms with Crippen molar-refractivity contribution in [3.63, 3.8) is 0 Å². The fourth-order valence-electron chi connectivity index (χ4n) is 1.07. The number of carbonyl (C=O) groups is 1. The summed E-state index contributed by atoms with van der Waals surface area (Å²) >= 11 is 0. The zero-order chi connectivity index (χ0) is 11.3. The highest BCUT2D eigenvalue weighted by Crippen LogP contribution is 2.13.